The van der Waals surface area contributed by atoms with Gasteiger partial charge in [0.25, 0.3) is 0 Å². The van der Waals surface area contributed by atoms with Crippen LogP contribution in [0.25, 0.3) is 0 Å². The average Bonchev–Trinajstić information content (AvgIpc) is 2.78. The van der Waals surface area contributed by atoms with Gasteiger partial charge in [-0.1, -0.05) is 0 Å². The minimum atomic E-state index is -0.525. The Morgan fingerprint density at radius 3 is 2.74 bits per heavy atom. The molecule has 0 fully saturated rings. The molecule has 0 atom stereocenters. The van der Waals surface area contributed by atoms with Crippen LogP contribution in [0.2, 0.25) is 0 Å². The van der Waals surface area contributed by atoms with E-state index in [1.807, 2.05) is 0 Å². The van der Waals surface area contributed by atoms with Crippen molar-refractivity contribution in [2.45, 2.75) is 6.42 Å². The molecule has 0 spiro atoms. The Balaban J connectivity index is 2.31. The predicted molar refractivity (Wildman–Crippen MR) is 67.8 cm³/mol. The lowest BCUT2D eigenvalue weighted by molar-refractivity contribution is -0.391. The molecule has 0 N–H and O–H groups in total. The fourth-order valence-corrected chi connectivity index (χ4v) is 1.90. The summed E-state index contributed by atoms with van der Waals surface area (Å²) in [4.78, 5) is 22.5. The van der Waals surface area contributed by atoms with Crippen LogP contribution in [0, 0.1) is 10.1 Å². The predicted octanol–water partition coefficient (Wildman–Crippen LogP) is 0.0945. The van der Waals surface area contributed by atoms with E-state index in [0.29, 0.717) is 16.4 Å². The van der Waals surface area contributed by atoms with Gasteiger partial charge in [-0.3, -0.25) is 9.97 Å². The van der Waals surface area contributed by atoms with Crippen molar-refractivity contribution in [1.82, 2.24) is 19.5 Å². The quantitative estimate of drug-likeness (QED) is 0.340. The summed E-state index contributed by atoms with van der Waals surface area (Å²) in [5.41, 5.74) is 0.452. The molecule has 98 valence electrons. The highest BCUT2D eigenvalue weighted by atomic mass is 32.1. The summed E-state index contributed by atoms with van der Waals surface area (Å²) < 4.78 is 12.5. The number of hydrogen-bond acceptors (Lipinski definition) is 6. The highest BCUT2D eigenvalue weighted by Crippen LogP contribution is 2.13. The lowest BCUT2D eigenvalue weighted by Gasteiger charge is -2.00. The second-order valence-corrected chi connectivity index (χ2v) is 4.28. The summed E-state index contributed by atoms with van der Waals surface area (Å²) in [5.74, 6) is 0.306. The van der Waals surface area contributed by atoms with E-state index in [1.54, 1.807) is 0 Å². The third-order valence-corrected chi connectivity index (χ3v) is 3.07. The fraction of sp³-hybridized carbons (Fsp3) is 0.200. The van der Waals surface area contributed by atoms with Crippen molar-refractivity contribution in [2.75, 3.05) is 0 Å². The molecule has 0 aromatic carbocycles. The number of nitro groups is 1. The van der Waals surface area contributed by atoms with Crippen LogP contribution < -0.4 is 0 Å². The zero-order valence-electron chi connectivity index (χ0n) is 9.89. The summed E-state index contributed by atoms with van der Waals surface area (Å²) in [6, 6.07) is 0. The van der Waals surface area contributed by atoms with Gasteiger partial charge in [-0.15, -0.1) is 0 Å². The minimum Gasteiger partial charge on any atom is -0.358 e. The van der Waals surface area contributed by atoms with Gasteiger partial charge >= 0.3 is 5.82 Å². The number of rotatable bonds is 4. The van der Waals surface area contributed by atoms with Gasteiger partial charge < -0.3 is 10.1 Å². The van der Waals surface area contributed by atoms with Crippen molar-refractivity contribution in [3.63, 3.8) is 0 Å². The first-order valence-electron chi connectivity index (χ1n) is 5.20. The molecule has 0 saturated heterocycles. The van der Waals surface area contributed by atoms with Gasteiger partial charge in [0.2, 0.25) is 5.82 Å². The van der Waals surface area contributed by atoms with Crippen LogP contribution in [-0.2, 0) is 24.7 Å². The van der Waals surface area contributed by atoms with Crippen LogP contribution in [-0.4, -0.2) is 33.5 Å². The number of imidazole rings is 1. The zero-order chi connectivity index (χ0) is 13.8. The van der Waals surface area contributed by atoms with Gasteiger partial charge in [-0.25, -0.2) is 13.8 Å². The number of nitrogens with zero attached hydrogens (tertiary/aromatic N) is 5. The Kier molecular flexibility index (Phi) is 3.76. The average molecular weight is 279 g/mol. The molecular formula is C10H9N5O3S. The molecule has 0 unspecified atom stereocenters. The highest BCUT2D eigenvalue weighted by Gasteiger charge is 2.19. The summed E-state index contributed by atoms with van der Waals surface area (Å²) in [6.45, 7) is 0. The van der Waals surface area contributed by atoms with E-state index in [1.165, 1.54) is 36.4 Å². The molecule has 2 heterocycles. The molecule has 0 radical (unpaired) electrons. The molecule has 19 heavy (non-hydrogen) atoms. The highest BCUT2D eigenvalue weighted by molar-refractivity contribution is 7.67. The van der Waals surface area contributed by atoms with Gasteiger partial charge in [-0.05, 0) is 4.92 Å². The monoisotopic (exact) mass is 279 g/mol. The SMILES string of the molecule is Cn1c([N+](=O)[O-])cnc1CC(=S=O)c1cnccn1. The van der Waals surface area contributed by atoms with Crippen LogP contribution in [0.5, 0.6) is 0 Å². The first-order valence-corrected chi connectivity index (χ1v) is 5.94. The Hall–Kier alpha value is -2.42. The molecule has 0 aliphatic carbocycles. The molecule has 0 amide bonds. The molecular weight excluding hydrogens is 270 g/mol. The standard InChI is InChI=1S/C10H9N5O3S/c1-14-9(13-6-10(14)15(16)17)4-8(19-18)7-5-11-2-3-12-7/h2-3,5-6H,4H2,1H3. The third kappa shape index (κ3) is 2.71. The lowest BCUT2D eigenvalue weighted by atomic mass is 10.2. The van der Waals surface area contributed by atoms with Crippen LogP contribution >= 0.6 is 0 Å². The molecule has 2 rings (SSSR count). The molecule has 9 heteroatoms. The van der Waals surface area contributed by atoms with E-state index in [9.17, 15) is 14.3 Å². The van der Waals surface area contributed by atoms with E-state index in [2.05, 4.69) is 15.0 Å². The molecule has 0 bridgehead atoms. The smallest absolute Gasteiger partial charge is 0.342 e. The Morgan fingerprint density at radius 1 is 1.42 bits per heavy atom. The van der Waals surface area contributed by atoms with Crippen LogP contribution in [0.1, 0.15) is 11.5 Å². The summed E-state index contributed by atoms with van der Waals surface area (Å²) in [6.07, 6.45) is 5.79. The van der Waals surface area contributed by atoms with E-state index < -0.39 is 4.92 Å². The van der Waals surface area contributed by atoms with E-state index >= 15 is 0 Å². The Morgan fingerprint density at radius 2 is 2.21 bits per heavy atom. The van der Waals surface area contributed by atoms with Crippen molar-refractivity contribution >= 4 is 21.9 Å². The van der Waals surface area contributed by atoms with Crippen molar-refractivity contribution in [2.24, 2.45) is 7.05 Å². The lowest BCUT2D eigenvalue weighted by Crippen LogP contribution is -2.12. The van der Waals surface area contributed by atoms with Crippen LogP contribution in [0.15, 0.2) is 24.8 Å². The second kappa shape index (κ2) is 5.48. The fourth-order valence-electron chi connectivity index (χ4n) is 1.52. The van der Waals surface area contributed by atoms with Crippen molar-refractivity contribution < 1.29 is 9.13 Å². The minimum absolute atomic E-state index is 0.121. The molecule has 8 nitrogen and oxygen atoms in total. The summed E-state index contributed by atoms with van der Waals surface area (Å²) in [5, 5.41) is 10.7. The van der Waals surface area contributed by atoms with Gasteiger partial charge in [0, 0.05) is 12.4 Å². The largest absolute Gasteiger partial charge is 0.358 e. The summed E-state index contributed by atoms with van der Waals surface area (Å²) >= 11 is 0.285. The first-order chi connectivity index (χ1) is 9.13. The molecule has 2 aromatic rings. The summed E-state index contributed by atoms with van der Waals surface area (Å²) in [7, 11) is 1.53. The van der Waals surface area contributed by atoms with Crippen molar-refractivity contribution in [3.8, 4) is 0 Å². The van der Waals surface area contributed by atoms with Crippen molar-refractivity contribution in [3.05, 3.63) is 46.4 Å². The molecule has 0 aliphatic heterocycles. The zero-order valence-corrected chi connectivity index (χ0v) is 10.7. The number of hydrogen-bond donors (Lipinski definition) is 0. The maximum absolute atomic E-state index is 11.1. The topological polar surface area (TPSA) is 104 Å². The Bertz CT molecular complexity index is 663. The van der Waals surface area contributed by atoms with E-state index in [0.717, 1.165) is 0 Å². The van der Waals surface area contributed by atoms with Crippen LogP contribution in [0.4, 0.5) is 5.82 Å². The van der Waals surface area contributed by atoms with Gasteiger partial charge in [0.1, 0.15) is 6.20 Å². The molecule has 0 saturated carbocycles. The second-order valence-electron chi connectivity index (χ2n) is 3.62. The first kappa shape index (κ1) is 13.0. The van der Waals surface area contributed by atoms with E-state index in [-0.39, 0.29) is 23.5 Å². The van der Waals surface area contributed by atoms with Gasteiger partial charge in [0.15, 0.2) is 0 Å². The molecule has 0 aliphatic rings. The normalized spacial score (nSPS) is 10.2. The van der Waals surface area contributed by atoms with Gasteiger partial charge in [0.05, 0.1) is 41.5 Å². The third-order valence-electron chi connectivity index (χ3n) is 2.52. The van der Waals surface area contributed by atoms with E-state index in [4.69, 9.17) is 0 Å². The van der Waals surface area contributed by atoms with Crippen LogP contribution in [0.3, 0.4) is 0 Å². The number of aromatic nitrogens is 4. The van der Waals surface area contributed by atoms with Crippen molar-refractivity contribution in [1.29, 1.82) is 0 Å². The Labute approximate surface area is 111 Å². The maximum Gasteiger partial charge on any atom is 0.342 e. The van der Waals surface area contributed by atoms with Gasteiger partial charge in [-0.2, -0.15) is 0 Å². The maximum atomic E-state index is 11.1. The molecule has 2 aromatic heterocycles.